The lowest BCUT2D eigenvalue weighted by atomic mass is 9.78. The SMILES string of the molecule is CN1c2cc(C[C@H]3CC[C@@H](CC(=O)OC(C)(C)C)CC3)ccc2N(C2CCC(=O)NC2=O)C1O. The number of hydrogen-bond acceptors (Lipinski definition) is 7. The third-order valence-electron chi connectivity index (χ3n) is 7.21. The molecule has 4 rings (SSSR count). The van der Waals surface area contributed by atoms with Gasteiger partial charge in [0.15, 0.2) is 0 Å². The first-order chi connectivity index (χ1) is 16.0. The number of imide groups is 1. The van der Waals surface area contributed by atoms with E-state index in [9.17, 15) is 19.5 Å². The number of carbonyl (C=O) groups excluding carboxylic acids is 3. The number of aliphatic hydroxyl groups is 1. The lowest BCUT2D eigenvalue weighted by molar-refractivity contribution is -0.156. The number of benzene rings is 1. The number of hydrogen-bond donors (Lipinski definition) is 2. The summed E-state index contributed by atoms with van der Waals surface area (Å²) in [6.45, 7) is 5.71. The first kappa shape index (κ1) is 24.5. The summed E-state index contributed by atoms with van der Waals surface area (Å²) in [6.07, 6.45) is 5.43. The van der Waals surface area contributed by atoms with Crippen LogP contribution in [-0.4, -0.2) is 47.9 Å². The van der Waals surface area contributed by atoms with Gasteiger partial charge in [-0.15, -0.1) is 0 Å². The largest absolute Gasteiger partial charge is 0.460 e. The van der Waals surface area contributed by atoms with E-state index in [2.05, 4.69) is 17.4 Å². The summed E-state index contributed by atoms with van der Waals surface area (Å²) < 4.78 is 5.48. The van der Waals surface area contributed by atoms with E-state index in [0.29, 0.717) is 24.7 Å². The molecule has 3 aliphatic rings. The number of carbonyl (C=O) groups is 3. The van der Waals surface area contributed by atoms with Crippen molar-refractivity contribution in [3.8, 4) is 0 Å². The second kappa shape index (κ2) is 9.56. The van der Waals surface area contributed by atoms with Crippen LogP contribution in [0.3, 0.4) is 0 Å². The van der Waals surface area contributed by atoms with Gasteiger partial charge in [-0.25, -0.2) is 0 Å². The van der Waals surface area contributed by atoms with Crippen molar-refractivity contribution in [1.29, 1.82) is 0 Å². The van der Waals surface area contributed by atoms with Crippen molar-refractivity contribution < 1.29 is 24.2 Å². The van der Waals surface area contributed by atoms with E-state index < -0.39 is 18.0 Å². The minimum Gasteiger partial charge on any atom is -0.460 e. The van der Waals surface area contributed by atoms with Crippen LogP contribution in [0, 0.1) is 11.8 Å². The number of amides is 2. The Morgan fingerprint density at radius 3 is 2.41 bits per heavy atom. The van der Waals surface area contributed by atoms with Crippen molar-refractivity contribution in [2.45, 2.75) is 90.1 Å². The minimum atomic E-state index is -0.947. The van der Waals surface area contributed by atoms with Crippen LogP contribution in [0.5, 0.6) is 0 Å². The van der Waals surface area contributed by atoms with E-state index in [0.717, 1.165) is 43.5 Å². The molecule has 8 heteroatoms. The molecule has 0 bridgehead atoms. The van der Waals surface area contributed by atoms with Gasteiger partial charge in [0.05, 0.1) is 11.4 Å². The fourth-order valence-corrected chi connectivity index (χ4v) is 5.50. The van der Waals surface area contributed by atoms with E-state index in [1.165, 1.54) is 5.56 Å². The summed E-state index contributed by atoms with van der Waals surface area (Å²) >= 11 is 0. The van der Waals surface area contributed by atoms with Gasteiger partial charge in [0, 0.05) is 19.9 Å². The lowest BCUT2D eigenvalue weighted by Gasteiger charge is -2.34. The monoisotopic (exact) mass is 471 g/mol. The first-order valence-corrected chi connectivity index (χ1v) is 12.4. The Labute approximate surface area is 201 Å². The summed E-state index contributed by atoms with van der Waals surface area (Å²) in [5.74, 6) is 0.241. The molecule has 1 saturated carbocycles. The van der Waals surface area contributed by atoms with Crippen molar-refractivity contribution in [3.05, 3.63) is 23.8 Å². The number of anilines is 2. The Kier molecular flexibility index (Phi) is 6.90. The lowest BCUT2D eigenvalue weighted by Crippen LogP contribution is -2.56. The quantitative estimate of drug-likeness (QED) is 0.503. The number of ether oxygens (including phenoxy) is 1. The Hall–Kier alpha value is -2.61. The van der Waals surface area contributed by atoms with E-state index in [1.807, 2.05) is 33.9 Å². The maximum Gasteiger partial charge on any atom is 0.306 e. The van der Waals surface area contributed by atoms with Crippen LogP contribution in [0.2, 0.25) is 0 Å². The molecule has 2 amide bonds. The molecule has 186 valence electrons. The van der Waals surface area contributed by atoms with Gasteiger partial charge in [-0.2, -0.15) is 0 Å². The maximum atomic E-state index is 12.4. The molecule has 2 fully saturated rings. The molecule has 1 saturated heterocycles. The third-order valence-corrected chi connectivity index (χ3v) is 7.21. The van der Waals surface area contributed by atoms with Crippen LogP contribution >= 0.6 is 0 Å². The van der Waals surface area contributed by atoms with Crippen molar-refractivity contribution in [2.75, 3.05) is 16.8 Å². The van der Waals surface area contributed by atoms with Crippen molar-refractivity contribution in [2.24, 2.45) is 11.8 Å². The molecule has 2 aliphatic heterocycles. The summed E-state index contributed by atoms with van der Waals surface area (Å²) in [6, 6.07) is 5.60. The van der Waals surface area contributed by atoms with Gasteiger partial charge in [0.1, 0.15) is 11.6 Å². The smallest absolute Gasteiger partial charge is 0.306 e. The number of rotatable bonds is 5. The average Bonchev–Trinajstić information content (AvgIpc) is 2.98. The normalized spacial score (nSPS) is 27.4. The molecule has 2 atom stereocenters. The van der Waals surface area contributed by atoms with Crippen LogP contribution in [0.1, 0.15) is 71.3 Å². The van der Waals surface area contributed by atoms with Gasteiger partial charge in [0.25, 0.3) is 0 Å². The number of nitrogens with zero attached hydrogens (tertiary/aromatic N) is 2. The van der Waals surface area contributed by atoms with Crippen molar-refractivity contribution in [1.82, 2.24) is 5.32 Å². The summed E-state index contributed by atoms with van der Waals surface area (Å²) in [5.41, 5.74) is 2.48. The first-order valence-electron chi connectivity index (χ1n) is 12.4. The zero-order valence-corrected chi connectivity index (χ0v) is 20.7. The second-order valence-electron chi connectivity index (χ2n) is 11.0. The molecule has 0 aromatic heterocycles. The highest BCUT2D eigenvalue weighted by atomic mass is 16.6. The molecule has 8 nitrogen and oxygen atoms in total. The molecule has 0 radical (unpaired) electrons. The molecule has 2 N–H and O–H groups in total. The summed E-state index contributed by atoms with van der Waals surface area (Å²) in [4.78, 5) is 39.6. The highest BCUT2D eigenvalue weighted by Crippen LogP contribution is 2.42. The second-order valence-corrected chi connectivity index (χ2v) is 11.0. The fraction of sp³-hybridized carbons (Fsp3) is 0.654. The Bertz CT molecular complexity index is 948. The van der Waals surface area contributed by atoms with Crippen LogP contribution < -0.4 is 15.1 Å². The Balaban J connectivity index is 1.36. The maximum absolute atomic E-state index is 12.4. The molecule has 2 unspecified atom stereocenters. The van der Waals surface area contributed by atoms with Gasteiger partial charge >= 0.3 is 5.97 Å². The van der Waals surface area contributed by atoms with Gasteiger partial charge in [-0.05, 0) is 88.8 Å². The van der Waals surface area contributed by atoms with E-state index in [-0.39, 0.29) is 24.2 Å². The van der Waals surface area contributed by atoms with Gasteiger partial charge in [-0.3, -0.25) is 19.7 Å². The van der Waals surface area contributed by atoms with Crippen LogP contribution in [0.25, 0.3) is 0 Å². The Morgan fingerprint density at radius 1 is 1.09 bits per heavy atom. The van der Waals surface area contributed by atoms with Gasteiger partial charge < -0.3 is 19.6 Å². The highest BCUT2D eigenvalue weighted by Gasteiger charge is 2.42. The number of fused-ring (bicyclic) bond motifs is 1. The van der Waals surface area contributed by atoms with E-state index in [1.54, 1.807) is 9.80 Å². The van der Waals surface area contributed by atoms with Gasteiger partial charge in [0.2, 0.25) is 18.2 Å². The van der Waals surface area contributed by atoms with Crippen LogP contribution in [-0.2, 0) is 25.5 Å². The molecule has 34 heavy (non-hydrogen) atoms. The molecular formula is C26H37N3O5. The predicted octanol–water partition coefficient (Wildman–Crippen LogP) is 3.10. The summed E-state index contributed by atoms with van der Waals surface area (Å²) in [5, 5.41) is 13.2. The number of aliphatic hydroxyl groups excluding tert-OH is 1. The molecule has 0 spiro atoms. The van der Waals surface area contributed by atoms with Crippen LogP contribution in [0.4, 0.5) is 11.4 Å². The average molecular weight is 472 g/mol. The minimum absolute atomic E-state index is 0.100. The molecule has 1 aliphatic carbocycles. The van der Waals surface area contributed by atoms with Crippen LogP contribution in [0.15, 0.2) is 18.2 Å². The molecule has 2 heterocycles. The van der Waals surface area contributed by atoms with Crippen molar-refractivity contribution >= 4 is 29.2 Å². The number of piperidine rings is 1. The molecule has 1 aromatic rings. The zero-order chi connectivity index (χ0) is 24.6. The number of esters is 1. The van der Waals surface area contributed by atoms with Crippen molar-refractivity contribution in [3.63, 3.8) is 0 Å². The Morgan fingerprint density at radius 2 is 1.76 bits per heavy atom. The summed E-state index contributed by atoms with van der Waals surface area (Å²) in [7, 11) is 1.82. The standard InChI is InChI=1S/C26H37N3O5/c1-26(2,3)34-23(31)15-17-7-5-16(6-8-17)13-18-9-10-19-21(14-18)28(4)25(33)29(19)20-11-12-22(30)27-24(20)32/h9-10,14,16-17,20,25,33H,5-8,11-13,15H2,1-4H3,(H,27,30,32)/t16-,17+,20?,25?. The molecular weight excluding hydrogens is 434 g/mol. The third kappa shape index (κ3) is 5.37. The topological polar surface area (TPSA) is 99.2 Å². The highest BCUT2D eigenvalue weighted by molar-refractivity contribution is 6.02. The van der Waals surface area contributed by atoms with E-state index >= 15 is 0 Å². The fourth-order valence-electron chi connectivity index (χ4n) is 5.50. The predicted molar refractivity (Wildman–Crippen MR) is 129 cm³/mol. The molecule has 1 aromatic carbocycles. The number of nitrogens with one attached hydrogen (secondary N) is 1. The van der Waals surface area contributed by atoms with E-state index in [4.69, 9.17) is 4.74 Å². The van der Waals surface area contributed by atoms with Gasteiger partial charge in [-0.1, -0.05) is 6.07 Å². The zero-order valence-electron chi connectivity index (χ0n) is 20.7.